The third-order valence-corrected chi connectivity index (χ3v) is 7.35. The lowest BCUT2D eigenvalue weighted by Crippen LogP contribution is -2.61. The average molecular weight is 431 g/mol. The highest BCUT2D eigenvalue weighted by Gasteiger charge is 2.62. The van der Waals surface area contributed by atoms with E-state index in [0.717, 1.165) is 37.7 Å². The molecule has 0 radical (unpaired) electrons. The zero-order valence-corrected chi connectivity index (χ0v) is 18.1. The molecule has 0 aliphatic carbocycles. The first kappa shape index (κ1) is 21.9. The minimum absolute atomic E-state index is 0.0358. The van der Waals surface area contributed by atoms with Crippen molar-refractivity contribution in [1.29, 1.82) is 0 Å². The van der Waals surface area contributed by atoms with Crippen LogP contribution in [0.4, 0.5) is 4.39 Å². The highest BCUT2D eigenvalue weighted by Crippen LogP contribution is 2.48. The first-order chi connectivity index (χ1) is 15.0. The monoisotopic (exact) mass is 430 g/mol. The number of carbonyl (C=O) groups is 3. The van der Waals surface area contributed by atoms with Crippen LogP contribution in [0.2, 0.25) is 0 Å². The Balaban J connectivity index is 1.63. The van der Waals surface area contributed by atoms with Gasteiger partial charge in [-0.1, -0.05) is 25.0 Å². The van der Waals surface area contributed by atoms with Crippen molar-refractivity contribution in [2.24, 2.45) is 5.41 Å². The molecule has 6 nitrogen and oxygen atoms in total. The van der Waals surface area contributed by atoms with Gasteiger partial charge in [0.05, 0.1) is 13.5 Å². The molecule has 2 bridgehead atoms. The molecule has 168 valence electrons. The summed E-state index contributed by atoms with van der Waals surface area (Å²) < 4.78 is 18.5. The summed E-state index contributed by atoms with van der Waals surface area (Å²) in [4.78, 5) is 43.7. The quantitative estimate of drug-likeness (QED) is 0.531. The zero-order valence-electron chi connectivity index (χ0n) is 18.1. The standard InChI is InChI=1S/C24H31FN2O4/c1-31-23(30)24(15-22(29)26-12-4-2-3-5-13-26)20-11-10-19(14-21(24)28)27(20)16-17-6-8-18(25)9-7-17/h6-9,19-20H,2-5,10-16H2,1H3. The topological polar surface area (TPSA) is 66.9 Å². The molecule has 3 atom stereocenters. The van der Waals surface area contributed by atoms with Gasteiger partial charge in [0.1, 0.15) is 5.82 Å². The lowest BCUT2D eigenvalue weighted by Gasteiger charge is -2.45. The van der Waals surface area contributed by atoms with Crippen molar-refractivity contribution in [2.45, 2.75) is 70.0 Å². The van der Waals surface area contributed by atoms with Crippen LogP contribution in [0.1, 0.15) is 56.9 Å². The van der Waals surface area contributed by atoms with Gasteiger partial charge in [0.2, 0.25) is 5.91 Å². The van der Waals surface area contributed by atoms with Crippen LogP contribution in [0.25, 0.3) is 0 Å². The second-order valence-electron chi connectivity index (χ2n) is 9.11. The van der Waals surface area contributed by atoms with Crippen molar-refractivity contribution in [3.05, 3.63) is 35.6 Å². The normalized spacial score (nSPS) is 29.0. The molecule has 0 N–H and O–H groups in total. The first-order valence-corrected chi connectivity index (χ1v) is 11.4. The van der Waals surface area contributed by atoms with Crippen LogP contribution >= 0.6 is 0 Å². The Hall–Kier alpha value is -2.28. The van der Waals surface area contributed by atoms with Gasteiger partial charge in [-0.2, -0.15) is 0 Å². The molecule has 0 spiro atoms. The molecular weight excluding hydrogens is 399 g/mol. The number of methoxy groups -OCH3 is 1. The summed E-state index contributed by atoms with van der Waals surface area (Å²) in [6.07, 6.45) is 5.67. The van der Waals surface area contributed by atoms with Crippen LogP contribution < -0.4 is 0 Å². The van der Waals surface area contributed by atoms with Crippen LogP contribution in [-0.4, -0.2) is 59.7 Å². The molecule has 3 unspecified atom stereocenters. The highest BCUT2D eigenvalue weighted by atomic mass is 19.1. The van der Waals surface area contributed by atoms with Crippen molar-refractivity contribution in [1.82, 2.24) is 9.80 Å². The van der Waals surface area contributed by atoms with Crippen molar-refractivity contribution in [3.63, 3.8) is 0 Å². The largest absolute Gasteiger partial charge is 0.468 e. The number of benzene rings is 1. The number of fused-ring (bicyclic) bond motifs is 2. The number of likely N-dealkylation sites (tertiary alicyclic amines) is 1. The SMILES string of the molecule is COC(=O)C1(CC(=O)N2CCCCCC2)C(=O)CC2CCC1N2Cc1ccc(F)cc1. The number of nitrogens with zero attached hydrogens (tertiary/aromatic N) is 2. The number of hydrogen-bond acceptors (Lipinski definition) is 5. The van der Waals surface area contributed by atoms with Gasteiger partial charge in [-0.25, -0.2) is 4.39 Å². The van der Waals surface area contributed by atoms with E-state index in [9.17, 15) is 18.8 Å². The van der Waals surface area contributed by atoms with E-state index in [2.05, 4.69) is 4.90 Å². The third-order valence-electron chi connectivity index (χ3n) is 7.35. The van der Waals surface area contributed by atoms with E-state index in [4.69, 9.17) is 4.74 Å². The minimum Gasteiger partial charge on any atom is -0.468 e. The van der Waals surface area contributed by atoms with Gasteiger partial charge in [-0.3, -0.25) is 19.3 Å². The summed E-state index contributed by atoms with van der Waals surface area (Å²) >= 11 is 0. The zero-order chi connectivity index (χ0) is 22.0. The summed E-state index contributed by atoms with van der Waals surface area (Å²) in [7, 11) is 1.29. The molecule has 0 aromatic heterocycles. The van der Waals surface area contributed by atoms with Crippen LogP contribution in [0.15, 0.2) is 24.3 Å². The second-order valence-corrected chi connectivity index (χ2v) is 9.11. The molecule has 1 aromatic carbocycles. The molecular formula is C24H31FN2O4. The van der Waals surface area contributed by atoms with Crippen molar-refractivity contribution < 1.29 is 23.5 Å². The van der Waals surface area contributed by atoms with Crippen molar-refractivity contribution >= 4 is 17.7 Å². The van der Waals surface area contributed by atoms with Gasteiger partial charge >= 0.3 is 5.97 Å². The summed E-state index contributed by atoms with van der Waals surface area (Å²) in [5.41, 5.74) is -0.546. The van der Waals surface area contributed by atoms with E-state index in [1.165, 1.54) is 19.2 Å². The number of hydrogen-bond donors (Lipinski definition) is 0. The number of ether oxygens (including phenoxy) is 1. The van der Waals surface area contributed by atoms with Crippen LogP contribution in [0, 0.1) is 11.2 Å². The van der Waals surface area contributed by atoms with E-state index in [1.807, 2.05) is 4.90 Å². The molecule has 7 heteroatoms. The predicted octanol–water partition coefficient (Wildman–Crippen LogP) is 3.08. The lowest BCUT2D eigenvalue weighted by molar-refractivity contribution is -0.171. The summed E-state index contributed by atoms with van der Waals surface area (Å²) in [5.74, 6) is -1.21. The lowest BCUT2D eigenvalue weighted by atomic mass is 9.69. The number of piperidine rings is 1. The maximum absolute atomic E-state index is 13.4. The number of ketones is 1. The Morgan fingerprint density at radius 3 is 2.42 bits per heavy atom. The fourth-order valence-electron chi connectivity index (χ4n) is 5.70. The van der Waals surface area contributed by atoms with E-state index in [0.29, 0.717) is 26.1 Å². The Morgan fingerprint density at radius 2 is 1.77 bits per heavy atom. The van der Waals surface area contributed by atoms with Gasteiger partial charge < -0.3 is 9.64 Å². The van der Waals surface area contributed by atoms with Gasteiger partial charge in [0, 0.05) is 38.1 Å². The van der Waals surface area contributed by atoms with E-state index in [1.54, 1.807) is 12.1 Å². The number of rotatable bonds is 5. The summed E-state index contributed by atoms with van der Waals surface area (Å²) in [6.45, 7) is 1.87. The Morgan fingerprint density at radius 1 is 1.10 bits per heavy atom. The Kier molecular flexibility index (Phi) is 6.42. The fraction of sp³-hybridized carbons (Fsp3) is 0.625. The third kappa shape index (κ3) is 4.12. The number of halogens is 1. The van der Waals surface area contributed by atoms with E-state index in [-0.39, 0.29) is 42.4 Å². The predicted molar refractivity (Wildman–Crippen MR) is 112 cm³/mol. The van der Waals surface area contributed by atoms with Gasteiger partial charge in [0.25, 0.3) is 0 Å². The molecule has 1 amide bonds. The first-order valence-electron chi connectivity index (χ1n) is 11.4. The minimum atomic E-state index is -1.47. The molecule has 0 saturated carbocycles. The number of Topliss-reactive ketones (excluding diaryl/α,β-unsaturated/α-hetero) is 1. The van der Waals surface area contributed by atoms with Crippen molar-refractivity contribution in [2.75, 3.05) is 20.2 Å². The highest BCUT2D eigenvalue weighted by molar-refractivity contribution is 6.08. The molecule has 4 rings (SSSR count). The molecule has 3 heterocycles. The van der Waals surface area contributed by atoms with Crippen LogP contribution in [-0.2, 0) is 25.7 Å². The molecule has 3 aliphatic rings. The fourth-order valence-corrected chi connectivity index (χ4v) is 5.70. The Bertz CT molecular complexity index is 834. The molecule has 31 heavy (non-hydrogen) atoms. The molecule has 3 saturated heterocycles. The van der Waals surface area contributed by atoms with Crippen LogP contribution in [0.5, 0.6) is 0 Å². The number of esters is 1. The van der Waals surface area contributed by atoms with Gasteiger partial charge in [0.15, 0.2) is 11.2 Å². The maximum Gasteiger partial charge on any atom is 0.321 e. The maximum atomic E-state index is 13.4. The van der Waals surface area contributed by atoms with Gasteiger partial charge in [-0.15, -0.1) is 0 Å². The molecule has 1 aromatic rings. The second kappa shape index (κ2) is 9.07. The van der Waals surface area contributed by atoms with E-state index < -0.39 is 11.4 Å². The van der Waals surface area contributed by atoms with Crippen LogP contribution in [0.3, 0.4) is 0 Å². The number of carbonyl (C=O) groups excluding carboxylic acids is 3. The number of amides is 1. The van der Waals surface area contributed by atoms with E-state index >= 15 is 0 Å². The molecule has 3 aliphatic heterocycles. The summed E-state index contributed by atoms with van der Waals surface area (Å²) in [5, 5.41) is 0. The summed E-state index contributed by atoms with van der Waals surface area (Å²) in [6, 6.07) is 5.95. The smallest absolute Gasteiger partial charge is 0.321 e. The molecule has 3 fully saturated rings. The van der Waals surface area contributed by atoms with Crippen molar-refractivity contribution in [3.8, 4) is 0 Å². The average Bonchev–Trinajstić information content (AvgIpc) is 2.94. The Labute approximate surface area is 182 Å². The van der Waals surface area contributed by atoms with Gasteiger partial charge in [-0.05, 0) is 43.4 Å².